The van der Waals surface area contributed by atoms with Crippen molar-refractivity contribution in [3.63, 3.8) is 0 Å². The first-order valence-electron chi connectivity index (χ1n) is 31.8. The Morgan fingerprint density at radius 3 is 1.01 bits per heavy atom. The minimum atomic E-state index is -1.10. The van der Waals surface area contributed by atoms with Crippen molar-refractivity contribution in [2.75, 3.05) is 52.8 Å². The van der Waals surface area contributed by atoms with Crippen molar-refractivity contribution in [2.24, 2.45) is 0 Å². The van der Waals surface area contributed by atoms with Gasteiger partial charge in [-0.2, -0.15) is 0 Å². The molecule has 1 unspecified atom stereocenters. The maximum absolute atomic E-state index is 14.1. The topological polar surface area (TPSA) is 211 Å². The zero-order valence-electron chi connectivity index (χ0n) is 55.8. The first-order chi connectivity index (χ1) is 41.4. The van der Waals surface area contributed by atoms with E-state index in [0.717, 1.165) is 92.4 Å². The molecule has 88 heavy (non-hydrogen) atoms. The minimum Gasteiger partial charge on any atom is -0.483 e. The number of hydrogen-bond acceptors (Lipinski definition) is 13. The van der Waals surface area contributed by atoms with Crippen molar-refractivity contribution in [1.82, 2.24) is 10.6 Å². The zero-order valence-corrected chi connectivity index (χ0v) is 55.8. The van der Waals surface area contributed by atoms with Crippen molar-refractivity contribution in [2.45, 2.75) is 222 Å². The molecule has 0 spiro atoms. The summed E-state index contributed by atoms with van der Waals surface area (Å²) < 4.78 is 43.4. The van der Waals surface area contributed by atoms with E-state index in [1.54, 1.807) is 20.8 Å². The predicted octanol–water partition coefficient (Wildman–Crippen LogP) is 13.0. The summed E-state index contributed by atoms with van der Waals surface area (Å²) in [7, 11) is 0. The van der Waals surface area contributed by atoms with Crippen LogP contribution in [0.2, 0.25) is 0 Å². The molecule has 16 nitrogen and oxygen atoms in total. The Labute approximate surface area is 524 Å². The van der Waals surface area contributed by atoms with Crippen LogP contribution in [-0.4, -0.2) is 99.6 Å². The van der Waals surface area contributed by atoms with Crippen LogP contribution in [0.1, 0.15) is 235 Å². The van der Waals surface area contributed by atoms with Crippen molar-refractivity contribution < 1.29 is 67.0 Å². The number of aliphatic carboxylic acids is 1. The summed E-state index contributed by atoms with van der Waals surface area (Å²) in [5.74, 6) is -1.56. The van der Waals surface area contributed by atoms with Gasteiger partial charge in [-0.3, -0.25) is 9.59 Å². The summed E-state index contributed by atoms with van der Waals surface area (Å²) >= 11 is 0. The second kappa shape index (κ2) is 32.4. The molecule has 1 aliphatic rings. The van der Waals surface area contributed by atoms with Gasteiger partial charge in [0.25, 0.3) is 5.91 Å². The van der Waals surface area contributed by atoms with Crippen LogP contribution in [0.3, 0.4) is 0 Å². The Hall–Kier alpha value is -7.10. The van der Waals surface area contributed by atoms with E-state index in [2.05, 4.69) is 149 Å². The van der Waals surface area contributed by atoms with Gasteiger partial charge in [0.1, 0.15) is 29.0 Å². The predicted molar refractivity (Wildman–Crippen MR) is 343 cm³/mol. The standard InChI is InChI=1S/C72H102N2O14/c1-17-21-22-23-24-28-59(75)74-58(68(80)81)27-25-26-29-73-60(76)42-85-64-46-30-48-36-55(70(8,9)10)38-50(65(48)86-43-61(77)82-18-2)32-52-40-57(72(14,15)16)41-53(67(52)88-45-63(79)84-20-4)33-51-39-56(71(11,12)13)37-49(66(51)87-44-62(78)83-19-3)31-47(64)35-54(34-46)69(5,6)7/h34-41,58H,17-33,42-45H2,1-16H3,(H,73,76)(H,74,75)(H,80,81). The lowest BCUT2D eigenvalue weighted by molar-refractivity contribution is -0.146. The van der Waals surface area contributed by atoms with Crippen molar-refractivity contribution in [1.29, 1.82) is 0 Å². The average Bonchev–Trinajstić information content (AvgIpc) is 1.36. The molecule has 16 heteroatoms. The first-order valence-corrected chi connectivity index (χ1v) is 31.8. The van der Waals surface area contributed by atoms with Gasteiger partial charge in [0.2, 0.25) is 5.91 Å². The van der Waals surface area contributed by atoms with Crippen LogP contribution in [0.5, 0.6) is 23.0 Å². The number of benzene rings is 4. The van der Waals surface area contributed by atoms with E-state index in [9.17, 15) is 33.9 Å². The molecule has 0 radical (unpaired) electrons. The highest BCUT2D eigenvalue weighted by atomic mass is 16.6. The summed E-state index contributed by atoms with van der Waals surface area (Å²) in [6, 6.07) is 15.8. The Morgan fingerprint density at radius 1 is 0.420 bits per heavy atom. The number of ether oxygens (including phenoxy) is 7. The Bertz CT molecular complexity index is 2920. The van der Waals surface area contributed by atoms with Gasteiger partial charge in [-0.15, -0.1) is 0 Å². The number of carboxylic acid groups (broad SMARTS) is 1. The maximum Gasteiger partial charge on any atom is 0.344 e. The minimum absolute atomic E-state index is 0.157. The van der Waals surface area contributed by atoms with Gasteiger partial charge in [0, 0.05) is 38.6 Å². The third-order valence-corrected chi connectivity index (χ3v) is 15.6. The van der Waals surface area contributed by atoms with Crippen LogP contribution in [-0.2, 0) is 90.3 Å². The van der Waals surface area contributed by atoms with Crippen LogP contribution < -0.4 is 29.6 Å². The van der Waals surface area contributed by atoms with Crippen LogP contribution in [0.4, 0.5) is 0 Å². The number of amides is 2. The molecule has 3 N–H and O–H groups in total. The number of nitrogens with one attached hydrogen (secondary N) is 2. The van der Waals surface area contributed by atoms with Crippen LogP contribution >= 0.6 is 0 Å². The summed E-state index contributed by atoms with van der Waals surface area (Å²) in [5.41, 5.74) is 8.31. The maximum atomic E-state index is 14.1. The first kappa shape index (κ1) is 71.7. The molecular formula is C72H102N2O14. The summed E-state index contributed by atoms with van der Waals surface area (Å²) in [6.45, 7) is 32.2. The molecule has 484 valence electrons. The van der Waals surface area contributed by atoms with Gasteiger partial charge >= 0.3 is 23.9 Å². The fourth-order valence-electron chi connectivity index (χ4n) is 10.7. The van der Waals surface area contributed by atoms with Gasteiger partial charge in [-0.1, -0.05) is 164 Å². The molecule has 0 aromatic heterocycles. The fourth-order valence-corrected chi connectivity index (χ4v) is 10.7. The SMILES string of the molecule is CCCCCCCC(=O)NC(CCCCNC(=O)COc1c2cc(C(C)(C)C)cc1Cc1cc(C(C)(C)C)cc(c1OCC(=O)OCC)Cc1cc(C(C)(C)C)cc(c1OCC(=O)OCC)Cc1cc(C(C)(C)C)cc(c1OCC(=O)OCC)C2)C(=O)O. The molecule has 0 saturated carbocycles. The quantitative estimate of drug-likeness (QED) is 0.0242. The Balaban J connectivity index is 1.79. The summed E-state index contributed by atoms with van der Waals surface area (Å²) in [6.07, 6.45) is 7.11. The molecule has 8 bridgehead atoms. The van der Waals surface area contributed by atoms with E-state index in [1.165, 1.54) is 0 Å². The molecule has 1 atom stereocenters. The molecule has 5 rings (SSSR count). The van der Waals surface area contributed by atoms with Gasteiger partial charge < -0.3 is 48.9 Å². The molecule has 0 fully saturated rings. The number of fused-ring (bicyclic) bond motifs is 8. The van der Waals surface area contributed by atoms with Crippen molar-refractivity contribution in [3.8, 4) is 23.0 Å². The number of unbranched alkanes of at least 4 members (excludes halogenated alkanes) is 5. The molecule has 0 heterocycles. The van der Waals surface area contributed by atoms with E-state index in [1.807, 2.05) is 0 Å². The largest absolute Gasteiger partial charge is 0.483 e. The summed E-state index contributed by atoms with van der Waals surface area (Å²) in [5, 5.41) is 15.6. The van der Waals surface area contributed by atoms with E-state index >= 15 is 0 Å². The molecule has 2 amide bonds. The van der Waals surface area contributed by atoms with Crippen LogP contribution in [0, 0.1) is 0 Å². The van der Waals surface area contributed by atoms with Crippen molar-refractivity contribution >= 4 is 35.7 Å². The van der Waals surface area contributed by atoms with E-state index in [4.69, 9.17) is 33.2 Å². The lowest BCUT2D eigenvalue weighted by Gasteiger charge is -2.29. The number of carbonyl (C=O) groups excluding carboxylic acids is 5. The van der Waals surface area contributed by atoms with Crippen molar-refractivity contribution in [3.05, 3.63) is 115 Å². The molecule has 4 aromatic carbocycles. The Morgan fingerprint density at radius 2 is 0.727 bits per heavy atom. The van der Waals surface area contributed by atoms with E-state index in [-0.39, 0.29) is 103 Å². The number of hydrogen-bond donors (Lipinski definition) is 3. The second-order valence-electron chi connectivity index (χ2n) is 27.2. The second-order valence-corrected chi connectivity index (χ2v) is 27.2. The normalized spacial score (nSPS) is 13.0. The smallest absolute Gasteiger partial charge is 0.344 e. The monoisotopic (exact) mass is 1220 g/mol. The third-order valence-electron chi connectivity index (χ3n) is 15.6. The zero-order chi connectivity index (χ0) is 65.1. The fraction of sp³-hybridized carbons (Fsp3) is 0.583. The molecule has 0 saturated heterocycles. The lowest BCUT2D eigenvalue weighted by Crippen LogP contribution is -2.40. The van der Waals surface area contributed by atoms with Gasteiger partial charge in [0.15, 0.2) is 26.4 Å². The molecule has 1 aliphatic carbocycles. The van der Waals surface area contributed by atoms with Gasteiger partial charge in [-0.05, 0) is 135 Å². The number of carboxylic acids is 1. The molecule has 0 aliphatic heterocycles. The van der Waals surface area contributed by atoms with E-state index < -0.39 is 52.1 Å². The third kappa shape index (κ3) is 21.6. The lowest BCUT2D eigenvalue weighted by atomic mass is 9.79. The van der Waals surface area contributed by atoms with Crippen LogP contribution in [0.15, 0.2) is 48.5 Å². The number of esters is 3. The highest BCUT2D eigenvalue weighted by Crippen LogP contribution is 2.44. The highest BCUT2D eigenvalue weighted by molar-refractivity contribution is 5.83. The van der Waals surface area contributed by atoms with Crippen LogP contribution in [0.25, 0.3) is 0 Å². The Kier molecular flexibility index (Phi) is 26.4. The molecule has 4 aromatic rings. The van der Waals surface area contributed by atoms with Gasteiger partial charge in [-0.25, -0.2) is 19.2 Å². The summed E-state index contributed by atoms with van der Waals surface area (Å²) in [4.78, 5) is 79.0. The van der Waals surface area contributed by atoms with E-state index in [0.29, 0.717) is 42.3 Å². The number of rotatable bonds is 28. The highest BCUT2D eigenvalue weighted by Gasteiger charge is 2.31. The average molecular weight is 1220 g/mol. The molecular weight excluding hydrogens is 1120 g/mol. The number of carbonyl (C=O) groups is 6. The van der Waals surface area contributed by atoms with Gasteiger partial charge in [0.05, 0.1) is 19.8 Å².